The van der Waals surface area contributed by atoms with E-state index in [1.54, 1.807) is 7.11 Å². The van der Waals surface area contributed by atoms with Crippen molar-refractivity contribution in [1.82, 2.24) is 5.32 Å². The van der Waals surface area contributed by atoms with Gasteiger partial charge in [-0.05, 0) is 42.3 Å². The Labute approximate surface area is 128 Å². The lowest BCUT2D eigenvalue weighted by molar-refractivity contribution is 0.398. The third-order valence-corrected chi connectivity index (χ3v) is 5.55. The van der Waals surface area contributed by atoms with E-state index in [2.05, 4.69) is 47.2 Å². The topological polar surface area (TPSA) is 21.3 Å². The fourth-order valence-corrected chi connectivity index (χ4v) is 4.43. The number of ether oxygens (including phenoxy) is 1. The molecule has 4 heteroatoms. The quantitative estimate of drug-likeness (QED) is 0.876. The van der Waals surface area contributed by atoms with Crippen molar-refractivity contribution in [3.05, 3.63) is 27.7 Å². The van der Waals surface area contributed by atoms with Crippen LogP contribution in [0.15, 0.2) is 16.6 Å². The maximum absolute atomic E-state index is 5.55. The Hall–Kier alpha value is -0.190. The van der Waals surface area contributed by atoms with Crippen LogP contribution >= 0.6 is 27.7 Å². The molecular formula is C15H22BrNOS. The van der Waals surface area contributed by atoms with Gasteiger partial charge < -0.3 is 10.1 Å². The standard InChI is InChI=1S/C15H22BrNOS/c1-4-7-17-15-10(2)8-19-9-11-13(18-3)6-5-12(16)14(11)15/h5-6,10,15,17H,4,7-9H2,1-3H3. The summed E-state index contributed by atoms with van der Waals surface area (Å²) in [5, 5.41) is 3.71. The zero-order chi connectivity index (χ0) is 13.8. The molecule has 19 heavy (non-hydrogen) atoms. The summed E-state index contributed by atoms with van der Waals surface area (Å²) in [6.07, 6.45) is 1.16. The molecule has 2 rings (SSSR count). The summed E-state index contributed by atoms with van der Waals surface area (Å²) >= 11 is 5.74. The first-order valence-corrected chi connectivity index (χ1v) is 8.80. The van der Waals surface area contributed by atoms with E-state index in [1.165, 1.54) is 21.4 Å². The smallest absolute Gasteiger partial charge is 0.123 e. The molecule has 0 saturated carbocycles. The van der Waals surface area contributed by atoms with Crippen molar-refractivity contribution < 1.29 is 4.74 Å². The van der Waals surface area contributed by atoms with Crippen molar-refractivity contribution in [1.29, 1.82) is 0 Å². The van der Waals surface area contributed by atoms with Crippen LogP contribution in [0.3, 0.4) is 0 Å². The van der Waals surface area contributed by atoms with Crippen molar-refractivity contribution in [2.24, 2.45) is 5.92 Å². The van der Waals surface area contributed by atoms with Gasteiger partial charge in [0.05, 0.1) is 7.11 Å². The van der Waals surface area contributed by atoms with Crippen LogP contribution in [0.25, 0.3) is 0 Å². The Morgan fingerprint density at radius 1 is 1.47 bits per heavy atom. The molecular weight excluding hydrogens is 322 g/mol. The fourth-order valence-electron chi connectivity index (χ4n) is 2.62. The summed E-state index contributed by atoms with van der Waals surface area (Å²) in [7, 11) is 1.76. The molecule has 1 aliphatic heterocycles. The van der Waals surface area contributed by atoms with Gasteiger partial charge in [0.25, 0.3) is 0 Å². The third kappa shape index (κ3) is 3.29. The molecule has 1 aromatic rings. The largest absolute Gasteiger partial charge is 0.496 e. The lowest BCUT2D eigenvalue weighted by Gasteiger charge is -2.26. The number of halogens is 1. The Morgan fingerprint density at radius 2 is 2.26 bits per heavy atom. The van der Waals surface area contributed by atoms with Crippen molar-refractivity contribution in [2.75, 3.05) is 19.4 Å². The second-order valence-electron chi connectivity index (χ2n) is 5.07. The van der Waals surface area contributed by atoms with Gasteiger partial charge in [-0.15, -0.1) is 0 Å². The van der Waals surface area contributed by atoms with E-state index in [9.17, 15) is 0 Å². The molecule has 2 unspecified atom stereocenters. The van der Waals surface area contributed by atoms with Crippen LogP contribution in [0.1, 0.15) is 37.4 Å². The number of fused-ring (bicyclic) bond motifs is 1. The minimum Gasteiger partial charge on any atom is -0.496 e. The second-order valence-corrected chi connectivity index (χ2v) is 6.95. The zero-order valence-electron chi connectivity index (χ0n) is 11.8. The number of hydrogen-bond donors (Lipinski definition) is 1. The number of nitrogens with one attached hydrogen (secondary N) is 1. The molecule has 1 heterocycles. The molecule has 0 amide bonds. The van der Waals surface area contributed by atoms with Crippen LogP contribution in [0.4, 0.5) is 0 Å². The molecule has 0 bridgehead atoms. The van der Waals surface area contributed by atoms with Crippen LogP contribution in [0, 0.1) is 5.92 Å². The summed E-state index contributed by atoms with van der Waals surface area (Å²) in [6.45, 7) is 5.61. The minimum absolute atomic E-state index is 0.412. The van der Waals surface area contributed by atoms with Crippen molar-refractivity contribution in [2.45, 2.75) is 32.1 Å². The first kappa shape index (κ1) is 15.2. The SMILES string of the molecule is CCCNC1c2c(Br)ccc(OC)c2CSCC1C. The van der Waals surface area contributed by atoms with Crippen LogP contribution in [0.2, 0.25) is 0 Å². The molecule has 0 aromatic heterocycles. The van der Waals surface area contributed by atoms with Gasteiger partial charge in [0, 0.05) is 21.8 Å². The average Bonchev–Trinajstić information content (AvgIpc) is 2.57. The van der Waals surface area contributed by atoms with Gasteiger partial charge in [-0.25, -0.2) is 0 Å². The molecule has 0 spiro atoms. The lowest BCUT2D eigenvalue weighted by atomic mass is 9.92. The highest BCUT2D eigenvalue weighted by atomic mass is 79.9. The molecule has 106 valence electrons. The molecule has 1 aliphatic rings. The molecule has 0 radical (unpaired) electrons. The van der Waals surface area contributed by atoms with Gasteiger partial charge in [-0.2, -0.15) is 11.8 Å². The molecule has 1 aromatic carbocycles. The van der Waals surface area contributed by atoms with Crippen molar-refractivity contribution in [3.8, 4) is 5.75 Å². The molecule has 2 nitrogen and oxygen atoms in total. The normalized spacial score (nSPS) is 22.7. The van der Waals surface area contributed by atoms with Gasteiger partial charge >= 0.3 is 0 Å². The van der Waals surface area contributed by atoms with E-state index in [-0.39, 0.29) is 0 Å². The predicted octanol–water partition coefficient (Wildman–Crippen LogP) is 4.38. The van der Waals surface area contributed by atoms with Gasteiger partial charge in [0.2, 0.25) is 0 Å². The van der Waals surface area contributed by atoms with Gasteiger partial charge in [-0.3, -0.25) is 0 Å². The maximum Gasteiger partial charge on any atom is 0.123 e. The zero-order valence-corrected chi connectivity index (χ0v) is 14.2. The van der Waals surface area contributed by atoms with Gasteiger partial charge in [0.15, 0.2) is 0 Å². The van der Waals surface area contributed by atoms with Crippen LogP contribution in [-0.2, 0) is 5.75 Å². The maximum atomic E-state index is 5.55. The van der Waals surface area contributed by atoms with Gasteiger partial charge in [0.1, 0.15) is 5.75 Å². The van der Waals surface area contributed by atoms with Crippen LogP contribution < -0.4 is 10.1 Å². The Balaban J connectivity index is 2.45. The summed E-state index contributed by atoms with van der Waals surface area (Å²) in [6, 6.07) is 4.59. The molecule has 0 fully saturated rings. The van der Waals surface area contributed by atoms with Crippen molar-refractivity contribution >= 4 is 27.7 Å². The summed E-state index contributed by atoms with van der Waals surface area (Å²) in [4.78, 5) is 0. The second kappa shape index (κ2) is 7.00. The highest BCUT2D eigenvalue weighted by molar-refractivity contribution is 9.10. The number of rotatable bonds is 4. The van der Waals surface area contributed by atoms with E-state index < -0.39 is 0 Å². The number of hydrogen-bond acceptors (Lipinski definition) is 3. The molecule has 0 saturated heterocycles. The summed E-state index contributed by atoms with van der Waals surface area (Å²) in [5.41, 5.74) is 2.74. The monoisotopic (exact) mass is 343 g/mol. The number of thioether (sulfide) groups is 1. The van der Waals surface area contributed by atoms with E-state index in [0.29, 0.717) is 12.0 Å². The van der Waals surface area contributed by atoms with E-state index in [1.807, 2.05) is 11.8 Å². The molecule has 2 atom stereocenters. The lowest BCUT2D eigenvalue weighted by Crippen LogP contribution is -2.29. The highest BCUT2D eigenvalue weighted by Crippen LogP contribution is 2.42. The van der Waals surface area contributed by atoms with Crippen LogP contribution in [0.5, 0.6) is 5.75 Å². The minimum atomic E-state index is 0.412. The predicted molar refractivity (Wildman–Crippen MR) is 87.1 cm³/mol. The summed E-state index contributed by atoms with van der Waals surface area (Å²) in [5.74, 6) is 3.86. The third-order valence-electron chi connectivity index (χ3n) is 3.60. The molecule has 0 aliphatic carbocycles. The number of benzene rings is 1. The fraction of sp³-hybridized carbons (Fsp3) is 0.600. The highest BCUT2D eigenvalue weighted by Gasteiger charge is 2.28. The van der Waals surface area contributed by atoms with E-state index in [0.717, 1.165) is 24.5 Å². The Bertz CT molecular complexity index is 438. The van der Waals surface area contributed by atoms with Crippen LogP contribution in [-0.4, -0.2) is 19.4 Å². The van der Waals surface area contributed by atoms with Crippen molar-refractivity contribution in [3.63, 3.8) is 0 Å². The van der Waals surface area contributed by atoms with E-state index >= 15 is 0 Å². The van der Waals surface area contributed by atoms with Gasteiger partial charge in [-0.1, -0.05) is 29.8 Å². The average molecular weight is 344 g/mol. The first-order chi connectivity index (χ1) is 9.19. The Kier molecular flexibility index (Phi) is 5.60. The first-order valence-electron chi connectivity index (χ1n) is 6.85. The summed E-state index contributed by atoms with van der Waals surface area (Å²) < 4.78 is 6.75. The Morgan fingerprint density at radius 3 is 2.95 bits per heavy atom. The van der Waals surface area contributed by atoms with E-state index in [4.69, 9.17) is 4.74 Å². The molecule has 1 N–H and O–H groups in total. The number of methoxy groups -OCH3 is 1.